The molecule has 0 aliphatic heterocycles. The SMILES string of the molecule is CCc1ccccc1-n1c(S[C@@H](C)C(=O)NCC(C)C)nc2ccccc2c1=O. The highest BCUT2D eigenvalue weighted by Gasteiger charge is 2.21. The van der Waals surface area contributed by atoms with Gasteiger partial charge in [0.1, 0.15) is 0 Å². The zero-order chi connectivity index (χ0) is 21.0. The van der Waals surface area contributed by atoms with Gasteiger partial charge in [-0.1, -0.05) is 62.9 Å². The summed E-state index contributed by atoms with van der Waals surface area (Å²) in [6, 6.07) is 15.2. The summed E-state index contributed by atoms with van der Waals surface area (Å²) in [7, 11) is 0. The molecule has 152 valence electrons. The summed E-state index contributed by atoms with van der Waals surface area (Å²) < 4.78 is 1.65. The van der Waals surface area contributed by atoms with E-state index >= 15 is 0 Å². The van der Waals surface area contributed by atoms with Crippen molar-refractivity contribution in [1.29, 1.82) is 0 Å². The van der Waals surface area contributed by atoms with Crippen LogP contribution in [0.15, 0.2) is 58.5 Å². The van der Waals surface area contributed by atoms with Crippen molar-refractivity contribution in [3.63, 3.8) is 0 Å². The second kappa shape index (κ2) is 9.27. The fourth-order valence-electron chi connectivity index (χ4n) is 3.09. The third-order valence-electron chi connectivity index (χ3n) is 4.69. The summed E-state index contributed by atoms with van der Waals surface area (Å²) in [5.41, 5.74) is 2.40. The molecule has 0 saturated carbocycles. The van der Waals surface area contributed by atoms with Gasteiger partial charge in [0.25, 0.3) is 5.56 Å². The van der Waals surface area contributed by atoms with Gasteiger partial charge in [0.2, 0.25) is 5.91 Å². The Morgan fingerprint density at radius 3 is 2.52 bits per heavy atom. The van der Waals surface area contributed by atoms with E-state index in [1.54, 1.807) is 10.6 Å². The molecule has 0 aliphatic carbocycles. The van der Waals surface area contributed by atoms with Gasteiger partial charge in [-0.05, 0) is 43.0 Å². The minimum atomic E-state index is -0.373. The average Bonchev–Trinajstić information content (AvgIpc) is 2.72. The summed E-state index contributed by atoms with van der Waals surface area (Å²) in [6.45, 7) is 8.65. The largest absolute Gasteiger partial charge is 0.355 e. The molecule has 0 saturated heterocycles. The molecule has 3 aromatic rings. The standard InChI is InChI=1S/C23H27N3O2S/c1-5-17-10-6-9-13-20(17)26-22(28)18-11-7-8-12-19(18)25-23(26)29-16(4)21(27)24-14-15(2)3/h6-13,15-16H,5,14H2,1-4H3,(H,24,27)/t16-/m0/s1. The molecule has 0 spiro atoms. The van der Waals surface area contributed by atoms with Crippen LogP contribution in [0.25, 0.3) is 16.6 Å². The van der Waals surface area contributed by atoms with Crippen molar-refractivity contribution >= 4 is 28.6 Å². The topological polar surface area (TPSA) is 64.0 Å². The van der Waals surface area contributed by atoms with Gasteiger partial charge in [-0.3, -0.25) is 14.2 Å². The van der Waals surface area contributed by atoms with E-state index in [1.807, 2.05) is 49.4 Å². The minimum Gasteiger partial charge on any atom is -0.355 e. The number of carbonyl (C=O) groups is 1. The van der Waals surface area contributed by atoms with Crippen LogP contribution in [0.2, 0.25) is 0 Å². The zero-order valence-corrected chi connectivity index (χ0v) is 18.1. The lowest BCUT2D eigenvalue weighted by Gasteiger charge is -2.18. The van der Waals surface area contributed by atoms with Gasteiger partial charge >= 0.3 is 0 Å². The monoisotopic (exact) mass is 409 g/mol. The van der Waals surface area contributed by atoms with Gasteiger partial charge in [-0.2, -0.15) is 0 Å². The number of para-hydroxylation sites is 2. The lowest BCUT2D eigenvalue weighted by molar-refractivity contribution is -0.120. The number of aryl methyl sites for hydroxylation is 1. The normalized spacial score (nSPS) is 12.3. The van der Waals surface area contributed by atoms with E-state index in [2.05, 4.69) is 26.1 Å². The number of benzene rings is 2. The number of carbonyl (C=O) groups excluding carboxylic acids is 1. The van der Waals surface area contributed by atoms with Gasteiger partial charge in [0.05, 0.1) is 21.8 Å². The number of hydrogen-bond acceptors (Lipinski definition) is 4. The highest BCUT2D eigenvalue weighted by molar-refractivity contribution is 8.00. The van der Waals surface area contributed by atoms with E-state index in [4.69, 9.17) is 4.98 Å². The first-order valence-corrected chi connectivity index (χ1v) is 10.8. The van der Waals surface area contributed by atoms with Crippen LogP contribution < -0.4 is 10.9 Å². The van der Waals surface area contributed by atoms with Crippen molar-refractivity contribution in [3.05, 3.63) is 64.4 Å². The molecule has 0 unspecified atom stereocenters. The Balaban J connectivity index is 2.10. The summed E-state index contributed by atoms with van der Waals surface area (Å²) in [5, 5.41) is 3.69. The first kappa shape index (κ1) is 21.1. The van der Waals surface area contributed by atoms with Crippen LogP contribution in [-0.4, -0.2) is 27.3 Å². The number of fused-ring (bicyclic) bond motifs is 1. The maximum atomic E-state index is 13.4. The molecule has 1 N–H and O–H groups in total. The van der Waals surface area contributed by atoms with Gasteiger partial charge in [-0.25, -0.2) is 4.98 Å². The Morgan fingerprint density at radius 2 is 1.79 bits per heavy atom. The molecule has 1 aromatic heterocycles. The number of rotatable bonds is 7. The number of thioether (sulfide) groups is 1. The quantitative estimate of drug-likeness (QED) is 0.469. The van der Waals surface area contributed by atoms with Gasteiger partial charge in [0, 0.05) is 6.54 Å². The molecule has 0 bridgehead atoms. The Hall–Kier alpha value is -2.60. The molecular formula is C23H27N3O2S. The van der Waals surface area contributed by atoms with E-state index in [-0.39, 0.29) is 16.7 Å². The van der Waals surface area contributed by atoms with E-state index in [9.17, 15) is 9.59 Å². The molecule has 1 amide bonds. The zero-order valence-electron chi connectivity index (χ0n) is 17.3. The summed E-state index contributed by atoms with van der Waals surface area (Å²) >= 11 is 1.31. The summed E-state index contributed by atoms with van der Waals surface area (Å²) in [5.74, 6) is 0.325. The third kappa shape index (κ3) is 4.70. The van der Waals surface area contributed by atoms with Crippen LogP contribution in [0.5, 0.6) is 0 Å². The van der Waals surface area contributed by atoms with Crippen molar-refractivity contribution in [2.24, 2.45) is 5.92 Å². The first-order valence-electron chi connectivity index (χ1n) is 9.96. The first-order chi connectivity index (χ1) is 13.9. The van der Waals surface area contributed by atoms with E-state index in [0.717, 1.165) is 17.7 Å². The van der Waals surface area contributed by atoms with Crippen molar-refractivity contribution in [2.75, 3.05) is 6.54 Å². The summed E-state index contributed by atoms with van der Waals surface area (Å²) in [6.07, 6.45) is 0.796. The predicted octanol–water partition coefficient (Wildman–Crippen LogP) is 4.20. The highest BCUT2D eigenvalue weighted by atomic mass is 32.2. The van der Waals surface area contributed by atoms with E-state index < -0.39 is 0 Å². The molecule has 2 aromatic carbocycles. The summed E-state index contributed by atoms with van der Waals surface area (Å²) in [4.78, 5) is 30.7. The number of nitrogens with zero attached hydrogens (tertiary/aromatic N) is 2. The average molecular weight is 410 g/mol. The Kier molecular flexibility index (Phi) is 6.75. The van der Waals surface area contributed by atoms with Crippen LogP contribution >= 0.6 is 11.8 Å². The van der Waals surface area contributed by atoms with Crippen molar-refractivity contribution in [1.82, 2.24) is 14.9 Å². The van der Waals surface area contributed by atoms with Crippen molar-refractivity contribution in [2.45, 2.75) is 44.5 Å². The third-order valence-corrected chi connectivity index (χ3v) is 5.75. The maximum absolute atomic E-state index is 13.4. The maximum Gasteiger partial charge on any atom is 0.266 e. The Bertz CT molecular complexity index is 1080. The lowest BCUT2D eigenvalue weighted by atomic mass is 10.1. The van der Waals surface area contributed by atoms with E-state index in [0.29, 0.717) is 28.5 Å². The second-order valence-electron chi connectivity index (χ2n) is 7.43. The molecule has 29 heavy (non-hydrogen) atoms. The van der Waals surface area contributed by atoms with Gasteiger partial charge in [0.15, 0.2) is 5.16 Å². The molecule has 6 heteroatoms. The van der Waals surface area contributed by atoms with Crippen LogP contribution in [0, 0.1) is 5.92 Å². The number of aromatic nitrogens is 2. The predicted molar refractivity (Wildman–Crippen MR) is 120 cm³/mol. The smallest absolute Gasteiger partial charge is 0.266 e. The molecule has 0 aliphatic rings. The Labute approximate surface area is 175 Å². The van der Waals surface area contributed by atoms with Gasteiger partial charge in [-0.15, -0.1) is 0 Å². The van der Waals surface area contributed by atoms with Crippen LogP contribution in [0.3, 0.4) is 0 Å². The highest BCUT2D eigenvalue weighted by Crippen LogP contribution is 2.26. The molecule has 3 rings (SSSR count). The molecule has 1 heterocycles. The number of hydrogen-bond donors (Lipinski definition) is 1. The van der Waals surface area contributed by atoms with Crippen molar-refractivity contribution < 1.29 is 4.79 Å². The fourth-order valence-corrected chi connectivity index (χ4v) is 4.04. The Morgan fingerprint density at radius 1 is 1.10 bits per heavy atom. The molecule has 0 fully saturated rings. The molecule has 0 radical (unpaired) electrons. The molecular weight excluding hydrogens is 382 g/mol. The molecule has 1 atom stereocenters. The fraction of sp³-hybridized carbons (Fsp3) is 0.348. The van der Waals surface area contributed by atoms with Crippen molar-refractivity contribution in [3.8, 4) is 5.69 Å². The van der Waals surface area contributed by atoms with Crippen LogP contribution in [-0.2, 0) is 11.2 Å². The number of nitrogens with one attached hydrogen (secondary N) is 1. The van der Waals surface area contributed by atoms with Crippen LogP contribution in [0.1, 0.15) is 33.3 Å². The molecule has 5 nitrogen and oxygen atoms in total. The minimum absolute atomic E-state index is 0.0542. The lowest BCUT2D eigenvalue weighted by Crippen LogP contribution is -2.34. The van der Waals surface area contributed by atoms with Gasteiger partial charge < -0.3 is 5.32 Å². The second-order valence-corrected chi connectivity index (χ2v) is 8.74. The van der Waals surface area contributed by atoms with Crippen LogP contribution in [0.4, 0.5) is 0 Å². The van der Waals surface area contributed by atoms with E-state index in [1.165, 1.54) is 11.8 Å². The number of amides is 1.